The normalized spacial score (nSPS) is 12.4. The average molecular weight is 505 g/mol. The molecule has 14 heteroatoms. The molecule has 1 N–H and O–H groups in total. The first kappa shape index (κ1) is 23.3. The zero-order chi connectivity index (χ0) is 25.8. The molecule has 0 radical (unpaired) electrons. The predicted molar refractivity (Wildman–Crippen MR) is 115 cm³/mol. The van der Waals surface area contributed by atoms with Crippen molar-refractivity contribution in [2.45, 2.75) is 19.3 Å². The lowest BCUT2D eigenvalue weighted by atomic mass is 10.1. The van der Waals surface area contributed by atoms with E-state index in [4.69, 9.17) is 0 Å². The van der Waals surface area contributed by atoms with Crippen LogP contribution in [-0.4, -0.2) is 35.3 Å². The molecule has 0 saturated carbocycles. The van der Waals surface area contributed by atoms with Crippen LogP contribution in [0.25, 0.3) is 22.1 Å². The number of nitrogens with one attached hydrogen (secondary N) is 1. The van der Waals surface area contributed by atoms with Crippen molar-refractivity contribution in [3.63, 3.8) is 0 Å². The summed E-state index contributed by atoms with van der Waals surface area (Å²) in [4.78, 5) is 20.2. The second kappa shape index (κ2) is 8.03. The highest BCUT2D eigenvalue weighted by Gasteiger charge is 2.41. The van der Waals surface area contributed by atoms with Crippen molar-refractivity contribution >= 4 is 28.0 Å². The van der Waals surface area contributed by atoms with Crippen LogP contribution in [0, 0.1) is 6.92 Å². The van der Waals surface area contributed by atoms with Gasteiger partial charge in [0.2, 0.25) is 0 Å². The Morgan fingerprint density at radius 2 is 1.78 bits per heavy atom. The van der Waals surface area contributed by atoms with Crippen molar-refractivity contribution < 1.29 is 31.1 Å². The Balaban J connectivity index is 1.61. The average Bonchev–Trinajstić information content (AvgIpc) is 3.41. The van der Waals surface area contributed by atoms with Crippen molar-refractivity contribution in [3.05, 3.63) is 77.8 Å². The van der Waals surface area contributed by atoms with Crippen LogP contribution < -0.4 is 5.32 Å². The van der Waals surface area contributed by atoms with Crippen LogP contribution in [0.5, 0.6) is 0 Å². The highest BCUT2D eigenvalue weighted by molar-refractivity contribution is 6.05. The monoisotopic (exact) mass is 505 g/mol. The van der Waals surface area contributed by atoms with Gasteiger partial charge >= 0.3 is 12.4 Å². The lowest BCUT2D eigenvalue weighted by molar-refractivity contribution is -0.143. The number of carbonyl (C=O) groups is 1. The molecule has 8 nitrogen and oxygen atoms in total. The molecular weight excluding hydrogens is 492 g/mol. The molecule has 0 saturated heterocycles. The molecule has 0 aliphatic rings. The van der Waals surface area contributed by atoms with Crippen LogP contribution >= 0.6 is 0 Å². The van der Waals surface area contributed by atoms with E-state index in [1.165, 1.54) is 22.8 Å². The van der Waals surface area contributed by atoms with Gasteiger partial charge in [-0.15, -0.1) is 0 Å². The fraction of sp³-hybridized carbons (Fsp3) is 0.136. The van der Waals surface area contributed by atoms with Crippen molar-refractivity contribution in [3.8, 4) is 5.69 Å². The van der Waals surface area contributed by atoms with Gasteiger partial charge in [0.1, 0.15) is 11.5 Å². The lowest BCUT2D eigenvalue weighted by Gasteiger charge is -2.15. The Kier molecular flexibility index (Phi) is 5.19. The van der Waals surface area contributed by atoms with Crippen molar-refractivity contribution in [2.24, 2.45) is 0 Å². The third-order valence-corrected chi connectivity index (χ3v) is 5.26. The summed E-state index contributed by atoms with van der Waals surface area (Å²) in [6, 6.07) is 7.66. The first-order chi connectivity index (χ1) is 16.9. The second-order valence-electron chi connectivity index (χ2n) is 7.68. The standard InChI is InChI=1S/C22H13F6N7O/c1-11-31-19-14-3-2-4-16(13(14)6-8-34(19)33-11)35-18(22(26,27)28)15(10-30-35)20(36)32-12-5-7-29-17(9-12)21(23,24)25/h2-10H,1H3,(H,29,32,36). The number of pyridine rings is 2. The quantitative estimate of drug-likeness (QED) is 0.346. The van der Waals surface area contributed by atoms with Gasteiger partial charge in [-0.05, 0) is 31.2 Å². The Hall–Kier alpha value is -4.49. The van der Waals surface area contributed by atoms with Crippen LogP contribution in [-0.2, 0) is 12.4 Å². The molecule has 184 valence electrons. The molecular formula is C22H13F6N7O. The van der Waals surface area contributed by atoms with Crippen LogP contribution in [0.4, 0.5) is 32.0 Å². The molecule has 1 amide bonds. The predicted octanol–water partition coefficient (Wildman–Crippen LogP) is 5.06. The van der Waals surface area contributed by atoms with Crippen LogP contribution in [0.15, 0.2) is 55.0 Å². The fourth-order valence-corrected chi connectivity index (χ4v) is 3.80. The fourth-order valence-electron chi connectivity index (χ4n) is 3.80. The van der Waals surface area contributed by atoms with E-state index >= 15 is 0 Å². The molecule has 0 bridgehead atoms. The molecule has 0 atom stereocenters. The highest BCUT2D eigenvalue weighted by Crippen LogP contribution is 2.36. The number of hydrogen-bond acceptors (Lipinski definition) is 5. The smallest absolute Gasteiger partial charge is 0.322 e. The summed E-state index contributed by atoms with van der Waals surface area (Å²) in [5.41, 5.74) is -3.51. The summed E-state index contributed by atoms with van der Waals surface area (Å²) in [6.45, 7) is 1.67. The minimum absolute atomic E-state index is 0.0188. The van der Waals surface area contributed by atoms with Gasteiger partial charge < -0.3 is 5.32 Å². The first-order valence-corrected chi connectivity index (χ1v) is 10.2. The zero-order valence-corrected chi connectivity index (χ0v) is 18.1. The largest absolute Gasteiger partial charge is 0.434 e. The molecule has 0 unspecified atom stereocenters. The molecule has 0 spiro atoms. The van der Waals surface area contributed by atoms with Gasteiger partial charge in [0.15, 0.2) is 11.3 Å². The number of fused-ring (bicyclic) bond motifs is 3. The second-order valence-corrected chi connectivity index (χ2v) is 7.68. The Labute approximate surface area is 197 Å². The number of benzene rings is 1. The molecule has 0 aliphatic carbocycles. The van der Waals surface area contributed by atoms with Crippen LogP contribution in [0.2, 0.25) is 0 Å². The third kappa shape index (κ3) is 3.99. The summed E-state index contributed by atoms with van der Waals surface area (Å²) in [5.74, 6) is -0.824. The Morgan fingerprint density at radius 1 is 1.00 bits per heavy atom. The van der Waals surface area contributed by atoms with Crippen molar-refractivity contribution in [1.82, 2.24) is 29.4 Å². The molecule has 0 fully saturated rings. The number of carbonyl (C=O) groups excluding carboxylic acids is 1. The molecule has 5 rings (SSSR count). The van der Waals surface area contributed by atoms with Gasteiger partial charge in [-0.2, -0.15) is 36.5 Å². The molecule has 5 aromatic rings. The topological polar surface area (TPSA) is 90.0 Å². The minimum atomic E-state index is -5.03. The van der Waals surface area contributed by atoms with Crippen molar-refractivity contribution in [2.75, 3.05) is 5.32 Å². The molecule has 36 heavy (non-hydrogen) atoms. The van der Waals surface area contributed by atoms with Crippen molar-refractivity contribution in [1.29, 1.82) is 0 Å². The van der Waals surface area contributed by atoms with Gasteiger partial charge in [0, 0.05) is 28.9 Å². The Morgan fingerprint density at radius 3 is 2.50 bits per heavy atom. The van der Waals surface area contributed by atoms with E-state index in [1.807, 2.05) is 0 Å². The summed E-state index contributed by atoms with van der Waals surface area (Å²) >= 11 is 0. The zero-order valence-electron chi connectivity index (χ0n) is 18.1. The summed E-state index contributed by atoms with van der Waals surface area (Å²) in [7, 11) is 0. The SMILES string of the molecule is Cc1nc2c3cccc(-n4ncc(C(=O)Nc5ccnc(C(F)(F)F)c5)c4C(F)(F)F)c3ccn2n1. The van der Waals surface area contributed by atoms with Gasteiger partial charge in [-0.25, -0.2) is 14.2 Å². The number of alkyl halides is 6. The number of anilines is 1. The van der Waals surface area contributed by atoms with E-state index in [1.54, 1.807) is 19.1 Å². The van der Waals surface area contributed by atoms with Gasteiger partial charge in [-0.3, -0.25) is 9.78 Å². The first-order valence-electron chi connectivity index (χ1n) is 10.2. The van der Waals surface area contributed by atoms with E-state index in [0.29, 0.717) is 39.2 Å². The summed E-state index contributed by atoms with van der Waals surface area (Å²) < 4.78 is 83.3. The molecule has 0 aliphatic heterocycles. The number of amides is 1. The Bertz CT molecular complexity index is 1630. The maximum atomic E-state index is 14.2. The number of hydrogen-bond donors (Lipinski definition) is 1. The number of halogens is 6. The third-order valence-electron chi connectivity index (χ3n) is 5.26. The summed E-state index contributed by atoms with van der Waals surface area (Å²) in [6.07, 6.45) is -6.80. The number of nitrogens with zero attached hydrogens (tertiary/aromatic N) is 6. The minimum Gasteiger partial charge on any atom is -0.322 e. The van der Waals surface area contributed by atoms with E-state index in [9.17, 15) is 31.1 Å². The number of rotatable bonds is 3. The maximum Gasteiger partial charge on any atom is 0.434 e. The number of aryl methyl sites for hydroxylation is 1. The molecule has 4 aromatic heterocycles. The number of aromatic nitrogens is 6. The lowest BCUT2D eigenvalue weighted by Crippen LogP contribution is -2.21. The maximum absolute atomic E-state index is 14.2. The van der Waals surface area contributed by atoms with E-state index in [0.717, 1.165) is 12.3 Å². The van der Waals surface area contributed by atoms with Gasteiger partial charge in [0.05, 0.1) is 17.4 Å². The molecule has 4 heterocycles. The van der Waals surface area contributed by atoms with Crippen LogP contribution in [0.3, 0.4) is 0 Å². The highest BCUT2D eigenvalue weighted by atomic mass is 19.4. The van der Waals surface area contributed by atoms with E-state index in [2.05, 4.69) is 25.5 Å². The van der Waals surface area contributed by atoms with E-state index in [-0.39, 0.29) is 11.4 Å². The molecule has 1 aromatic carbocycles. The van der Waals surface area contributed by atoms with Gasteiger partial charge in [-0.1, -0.05) is 12.1 Å². The van der Waals surface area contributed by atoms with Gasteiger partial charge in [0.25, 0.3) is 5.91 Å². The summed E-state index contributed by atoms with van der Waals surface area (Å²) in [5, 5.41) is 10.9. The van der Waals surface area contributed by atoms with E-state index < -0.39 is 35.2 Å². The van der Waals surface area contributed by atoms with Crippen LogP contribution in [0.1, 0.15) is 27.6 Å².